The van der Waals surface area contributed by atoms with E-state index in [1.54, 1.807) is 5.32 Å². The lowest BCUT2D eigenvalue weighted by Gasteiger charge is -2.08. The Kier molecular flexibility index (Phi) is 6.19. The highest BCUT2D eigenvalue weighted by atomic mass is 32.2. The SMILES string of the molecule is N[C@H](CSCC(=O)NCC(F)(F)F)C(=O)O. The number of amides is 1. The molecule has 0 heterocycles. The van der Waals surface area contributed by atoms with Gasteiger partial charge in [0.15, 0.2) is 0 Å². The summed E-state index contributed by atoms with van der Waals surface area (Å²) in [6.45, 7) is -1.39. The number of aliphatic carboxylic acids is 1. The molecule has 0 saturated heterocycles. The van der Waals surface area contributed by atoms with Gasteiger partial charge in [0.05, 0.1) is 5.75 Å². The molecule has 9 heteroatoms. The Bertz CT molecular complexity index is 260. The molecule has 0 bridgehead atoms. The number of carbonyl (C=O) groups excluding carboxylic acids is 1. The second kappa shape index (κ2) is 6.59. The van der Waals surface area contributed by atoms with Crippen molar-refractivity contribution >= 4 is 23.6 Å². The first kappa shape index (κ1) is 15.0. The van der Waals surface area contributed by atoms with Crippen molar-refractivity contribution < 1.29 is 27.9 Å². The lowest BCUT2D eigenvalue weighted by Crippen LogP contribution is -2.36. The molecular weight excluding hydrogens is 249 g/mol. The Labute approximate surface area is 93.6 Å². The van der Waals surface area contributed by atoms with E-state index in [2.05, 4.69) is 0 Å². The van der Waals surface area contributed by atoms with Crippen LogP contribution in [-0.4, -0.2) is 47.3 Å². The van der Waals surface area contributed by atoms with Gasteiger partial charge >= 0.3 is 12.1 Å². The normalized spacial score (nSPS) is 13.2. The van der Waals surface area contributed by atoms with Crippen LogP contribution in [0.1, 0.15) is 0 Å². The molecule has 0 aromatic rings. The van der Waals surface area contributed by atoms with E-state index in [0.29, 0.717) is 0 Å². The van der Waals surface area contributed by atoms with E-state index in [1.165, 1.54) is 0 Å². The summed E-state index contributed by atoms with van der Waals surface area (Å²) in [5.41, 5.74) is 5.11. The summed E-state index contributed by atoms with van der Waals surface area (Å²) >= 11 is 0.863. The molecule has 4 N–H and O–H groups in total. The summed E-state index contributed by atoms with van der Waals surface area (Å²) in [5, 5.41) is 10.0. The summed E-state index contributed by atoms with van der Waals surface area (Å²) in [5.74, 6) is -2.31. The maximum Gasteiger partial charge on any atom is 0.405 e. The molecule has 0 rings (SSSR count). The van der Waals surface area contributed by atoms with Gasteiger partial charge in [-0.25, -0.2) is 0 Å². The molecule has 0 unspecified atom stereocenters. The molecule has 0 saturated carbocycles. The average Bonchev–Trinajstić information content (AvgIpc) is 2.13. The minimum Gasteiger partial charge on any atom is -0.480 e. The summed E-state index contributed by atoms with van der Waals surface area (Å²) < 4.78 is 35.0. The molecule has 0 aliphatic heterocycles. The zero-order valence-corrected chi connectivity index (χ0v) is 8.90. The van der Waals surface area contributed by atoms with Crippen molar-refractivity contribution in [2.45, 2.75) is 12.2 Å². The number of hydrogen-bond donors (Lipinski definition) is 3. The third kappa shape index (κ3) is 8.36. The van der Waals surface area contributed by atoms with Crippen LogP contribution in [0.15, 0.2) is 0 Å². The quantitative estimate of drug-likeness (QED) is 0.615. The minimum atomic E-state index is -4.45. The molecule has 1 atom stereocenters. The predicted octanol–water partition coefficient (Wildman–Crippen LogP) is -0.190. The fraction of sp³-hybridized carbons (Fsp3) is 0.714. The van der Waals surface area contributed by atoms with Crippen molar-refractivity contribution in [2.75, 3.05) is 18.1 Å². The van der Waals surface area contributed by atoms with E-state index in [0.717, 1.165) is 11.8 Å². The van der Waals surface area contributed by atoms with Gasteiger partial charge < -0.3 is 16.2 Å². The van der Waals surface area contributed by atoms with Crippen LogP contribution in [0.5, 0.6) is 0 Å². The van der Waals surface area contributed by atoms with E-state index in [1.807, 2.05) is 0 Å². The smallest absolute Gasteiger partial charge is 0.405 e. The number of thioether (sulfide) groups is 1. The molecule has 16 heavy (non-hydrogen) atoms. The van der Waals surface area contributed by atoms with Crippen LogP contribution in [0, 0.1) is 0 Å². The van der Waals surface area contributed by atoms with Crippen LogP contribution >= 0.6 is 11.8 Å². The van der Waals surface area contributed by atoms with Crippen molar-refractivity contribution in [3.63, 3.8) is 0 Å². The Balaban J connectivity index is 3.63. The summed E-state index contributed by atoms with van der Waals surface area (Å²) in [7, 11) is 0. The topological polar surface area (TPSA) is 92.4 Å². The van der Waals surface area contributed by atoms with Gasteiger partial charge in [-0.1, -0.05) is 0 Å². The lowest BCUT2D eigenvalue weighted by molar-refractivity contribution is -0.138. The van der Waals surface area contributed by atoms with Crippen molar-refractivity contribution in [2.24, 2.45) is 5.73 Å². The monoisotopic (exact) mass is 260 g/mol. The Morgan fingerprint density at radius 3 is 2.44 bits per heavy atom. The third-order valence-corrected chi connectivity index (χ3v) is 2.39. The van der Waals surface area contributed by atoms with Crippen LogP contribution in [0.2, 0.25) is 0 Å². The molecule has 0 aliphatic rings. The summed E-state index contributed by atoms with van der Waals surface area (Å²) in [4.78, 5) is 21.1. The second-order valence-corrected chi connectivity index (χ2v) is 3.88. The molecule has 0 aromatic heterocycles. The van der Waals surface area contributed by atoms with Crippen LogP contribution in [0.3, 0.4) is 0 Å². The largest absolute Gasteiger partial charge is 0.480 e. The Morgan fingerprint density at radius 1 is 1.44 bits per heavy atom. The predicted molar refractivity (Wildman–Crippen MR) is 52.0 cm³/mol. The van der Waals surface area contributed by atoms with E-state index in [-0.39, 0.29) is 11.5 Å². The molecule has 0 aliphatic carbocycles. The van der Waals surface area contributed by atoms with Crippen molar-refractivity contribution in [3.8, 4) is 0 Å². The van der Waals surface area contributed by atoms with Crippen LogP contribution in [0.4, 0.5) is 13.2 Å². The number of carboxylic acid groups (broad SMARTS) is 1. The van der Waals surface area contributed by atoms with E-state index in [9.17, 15) is 22.8 Å². The zero-order chi connectivity index (χ0) is 12.8. The van der Waals surface area contributed by atoms with Crippen molar-refractivity contribution in [1.29, 1.82) is 0 Å². The van der Waals surface area contributed by atoms with Crippen molar-refractivity contribution in [1.82, 2.24) is 5.32 Å². The second-order valence-electron chi connectivity index (χ2n) is 2.85. The summed E-state index contributed by atoms with van der Waals surface area (Å²) in [6, 6.07) is -1.12. The number of carboxylic acids is 1. The number of alkyl halides is 3. The van der Waals surface area contributed by atoms with Gasteiger partial charge in [-0.05, 0) is 0 Å². The highest BCUT2D eigenvalue weighted by Gasteiger charge is 2.27. The first-order valence-electron chi connectivity index (χ1n) is 4.12. The highest BCUT2D eigenvalue weighted by molar-refractivity contribution is 8.00. The number of nitrogens with two attached hydrogens (primary N) is 1. The molecular formula is C7H11F3N2O3S. The van der Waals surface area contributed by atoms with Gasteiger partial charge in [0.25, 0.3) is 0 Å². The van der Waals surface area contributed by atoms with Crippen LogP contribution < -0.4 is 11.1 Å². The molecule has 0 fully saturated rings. The van der Waals surface area contributed by atoms with Gasteiger partial charge in [-0.15, -0.1) is 11.8 Å². The third-order valence-electron chi connectivity index (χ3n) is 1.33. The molecule has 1 amide bonds. The van der Waals surface area contributed by atoms with Gasteiger partial charge in [0, 0.05) is 5.75 Å². The van der Waals surface area contributed by atoms with Gasteiger partial charge in [0.1, 0.15) is 12.6 Å². The zero-order valence-electron chi connectivity index (χ0n) is 8.08. The number of rotatable bonds is 6. The van der Waals surface area contributed by atoms with E-state index < -0.39 is 30.6 Å². The maximum atomic E-state index is 11.7. The fourth-order valence-corrected chi connectivity index (χ4v) is 1.40. The minimum absolute atomic E-state index is 0.0330. The van der Waals surface area contributed by atoms with Crippen molar-refractivity contribution in [3.05, 3.63) is 0 Å². The first-order valence-corrected chi connectivity index (χ1v) is 5.27. The standard InChI is InChI=1S/C7H11F3N2O3S/c8-7(9,10)3-12-5(13)2-16-1-4(11)6(14)15/h4H,1-3,11H2,(H,12,13)(H,14,15)/t4-/m1/s1. The maximum absolute atomic E-state index is 11.7. The van der Waals surface area contributed by atoms with E-state index in [4.69, 9.17) is 10.8 Å². The Morgan fingerprint density at radius 2 is 2.00 bits per heavy atom. The lowest BCUT2D eigenvalue weighted by atomic mass is 10.4. The molecule has 5 nitrogen and oxygen atoms in total. The molecule has 94 valence electrons. The molecule has 0 spiro atoms. The first-order chi connectivity index (χ1) is 7.22. The molecule has 0 radical (unpaired) electrons. The number of halogens is 3. The molecule has 0 aromatic carbocycles. The van der Waals surface area contributed by atoms with Gasteiger partial charge in [0.2, 0.25) is 5.91 Å². The highest BCUT2D eigenvalue weighted by Crippen LogP contribution is 2.12. The number of carbonyl (C=O) groups is 2. The summed E-state index contributed by atoms with van der Waals surface area (Å²) in [6.07, 6.45) is -4.45. The van der Waals surface area contributed by atoms with Crippen LogP contribution in [-0.2, 0) is 9.59 Å². The average molecular weight is 260 g/mol. The van der Waals surface area contributed by atoms with Gasteiger partial charge in [-0.2, -0.15) is 13.2 Å². The van der Waals surface area contributed by atoms with Gasteiger partial charge in [-0.3, -0.25) is 9.59 Å². The Hall–Kier alpha value is -0.960. The van der Waals surface area contributed by atoms with Crippen LogP contribution in [0.25, 0.3) is 0 Å². The number of hydrogen-bond acceptors (Lipinski definition) is 4. The fourth-order valence-electron chi connectivity index (χ4n) is 0.600. The number of nitrogens with one attached hydrogen (secondary N) is 1. The van der Waals surface area contributed by atoms with E-state index >= 15 is 0 Å².